The second kappa shape index (κ2) is 9.80. The summed E-state index contributed by atoms with van der Waals surface area (Å²) in [6.45, 7) is -1.01. The van der Waals surface area contributed by atoms with Gasteiger partial charge in [-0.3, -0.25) is 4.57 Å². The minimum atomic E-state index is -4.51. The van der Waals surface area contributed by atoms with Crippen LogP contribution in [0, 0.1) is 0 Å². The Kier molecular flexibility index (Phi) is 6.94. The van der Waals surface area contributed by atoms with Crippen molar-refractivity contribution in [3.05, 3.63) is 86.9 Å². The van der Waals surface area contributed by atoms with E-state index in [1.54, 1.807) is 0 Å². The van der Waals surface area contributed by atoms with Gasteiger partial charge in [0.1, 0.15) is 6.54 Å². The molecule has 190 valence electrons. The van der Waals surface area contributed by atoms with Crippen molar-refractivity contribution >= 4 is 11.6 Å². The van der Waals surface area contributed by atoms with Gasteiger partial charge in [-0.2, -0.15) is 31.3 Å². The SMILES string of the molecule is O=c1n(Cc2nc(Cc3cccc(C(F)(F)F)c3)no2)nc(-c2ccc(Cl)cc2)n1CCC(F)(F)F. The molecule has 0 saturated heterocycles. The molecule has 2 aromatic carbocycles. The Morgan fingerprint density at radius 2 is 1.72 bits per heavy atom. The highest BCUT2D eigenvalue weighted by Gasteiger charge is 2.31. The van der Waals surface area contributed by atoms with Crippen molar-refractivity contribution in [1.82, 2.24) is 24.5 Å². The van der Waals surface area contributed by atoms with Gasteiger partial charge in [0.25, 0.3) is 0 Å². The second-order valence-corrected chi connectivity index (χ2v) is 8.20. The van der Waals surface area contributed by atoms with Gasteiger partial charge in [-0.15, -0.1) is 5.10 Å². The monoisotopic (exact) mass is 531 g/mol. The van der Waals surface area contributed by atoms with E-state index in [1.807, 2.05) is 0 Å². The van der Waals surface area contributed by atoms with Crippen LogP contribution in [-0.2, 0) is 25.7 Å². The van der Waals surface area contributed by atoms with Gasteiger partial charge in [0.2, 0.25) is 5.89 Å². The molecule has 0 spiro atoms. The minimum absolute atomic E-state index is 0.00961. The van der Waals surface area contributed by atoms with E-state index in [1.165, 1.54) is 36.4 Å². The molecule has 0 radical (unpaired) electrons. The van der Waals surface area contributed by atoms with E-state index in [2.05, 4.69) is 15.2 Å². The maximum Gasteiger partial charge on any atom is 0.416 e. The van der Waals surface area contributed by atoms with Crippen molar-refractivity contribution in [2.45, 2.75) is 38.3 Å². The number of benzene rings is 2. The highest BCUT2D eigenvalue weighted by Crippen LogP contribution is 2.30. The third-order valence-corrected chi connectivity index (χ3v) is 5.31. The lowest BCUT2D eigenvalue weighted by Gasteiger charge is -2.08. The highest BCUT2D eigenvalue weighted by molar-refractivity contribution is 6.30. The molecular weight excluding hydrogens is 516 g/mol. The molecule has 14 heteroatoms. The molecule has 0 N–H and O–H groups in total. The molecule has 4 rings (SSSR count). The van der Waals surface area contributed by atoms with E-state index in [-0.39, 0.29) is 36.1 Å². The topological polar surface area (TPSA) is 78.7 Å². The number of aromatic nitrogens is 5. The molecule has 4 aromatic rings. The predicted octanol–water partition coefficient (Wildman–Crippen LogP) is 5.36. The van der Waals surface area contributed by atoms with Gasteiger partial charge in [-0.1, -0.05) is 35.0 Å². The van der Waals surface area contributed by atoms with Crippen molar-refractivity contribution in [3.63, 3.8) is 0 Å². The van der Waals surface area contributed by atoms with E-state index >= 15 is 0 Å². The van der Waals surface area contributed by atoms with Gasteiger partial charge >= 0.3 is 18.0 Å². The lowest BCUT2D eigenvalue weighted by atomic mass is 10.1. The van der Waals surface area contributed by atoms with Crippen LogP contribution in [0.2, 0.25) is 5.02 Å². The maximum absolute atomic E-state index is 12.9. The molecule has 0 unspecified atom stereocenters. The zero-order valence-electron chi connectivity index (χ0n) is 18.1. The number of hydrogen-bond donors (Lipinski definition) is 0. The first kappa shape index (κ1) is 25.5. The molecule has 0 aliphatic heterocycles. The van der Waals surface area contributed by atoms with Crippen LogP contribution >= 0.6 is 11.6 Å². The summed E-state index contributed by atoms with van der Waals surface area (Å²) in [6.07, 6.45) is -10.3. The second-order valence-electron chi connectivity index (χ2n) is 7.77. The van der Waals surface area contributed by atoms with Crippen LogP contribution in [0.5, 0.6) is 0 Å². The summed E-state index contributed by atoms with van der Waals surface area (Å²) in [5.74, 6) is -0.0429. The lowest BCUT2D eigenvalue weighted by Crippen LogP contribution is -2.27. The first-order valence-electron chi connectivity index (χ1n) is 10.4. The molecular formula is C22H16ClF6N5O2. The summed E-state index contributed by atoms with van der Waals surface area (Å²) in [5, 5.41) is 8.25. The molecule has 0 aliphatic rings. The quantitative estimate of drug-likeness (QED) is 0.300. The van der Waals surface area contributed by atoms with Crippen molar-refractivity contribution in [2.75, 3.05) is 0 Å². The fourth-order valence-electron chi connectivity index (χ4n) is 3.39. The third kappa shape index (κ3) is 6.14. The van der Waals surface area contributed by atoms with Gasteiger partial charge < -0.3 is 4.52 Å². The molecule has 0 fully saturated rings. The van der Waals surface area contributed by atoms with Crippen LogP contribution in [0.25, 0.3) is 11.4 Å². The molecule has 0 saturated carbocycles. The molecule has 2 heterocycles. The van der Waals surface area contributed by atoms with Gasteiger partial charge in [-0.05, 0) is 35.9 Å². The highest BCUT2D eigenvalue weighted by atomic mass is 35.5. The normalized spacial score (nSPS) is 12.3. The Bertz CT molecular complexity index is 1410. The predicted molar refractivity (Wildman–Crippen MR) is 115 cm³/mol. The van der Waals surface area contributed by atoms with E-state index in [0.29, 0.717) is 10.6 Å². The molecule has 0 amide bonds. The summed E-state index contributed by atoms with van der Waals surface area (Å²) in [4.78, 5) is 16.9. The molecule has 36 heavy (non-hydrogen) atoms. The fraction of sp³-hybridized carbons (Fsp3) is 0.273. The Balaban J connectivity index is 1.58. The fourth-order valence-corrected chi connectivity index (χ4v) is 3.52. The lowest BCUT2D eigenvalue weighted by molar-refractivity contribution is -0.138. The van der Waals surface area contributed by atoms with Crippen LogP contribution in [0.15, 0.2) is 57.8 Å². The van der Waals surface area contributed by atoms with Crippen LogP contribution in [-0.4, -0.2) is 30.7 Å². The maximum atomic E-state index is 12.9. The number of halogens is 7. The van der Waals surface area contributed by atoms with E-state index in [0.717, 1.165) is 21.4 Å². The van der Waals surface area contributed by atoms with E-state index in [4.69, 9.17) is 16.1 Å². The van der Waals surface area contributed by atoms with E-state index < -0.39 is 36.6 Å². The number of nitrogens with zero attached hydrogens (tertiary/aromatic N) is 5. The Morgan fingerprint density at radius 3 is 2.39 bits per heavy atom. The van der Waals surface area contributed by atoms with Gasteiger partial charge in [0.05, 0.1) is 12.0 Å². The van der Waals surface area contributed by atoms with Crippen molar-refractivity contribution in [2.24, 2.45) is 0 Å². The molecule has 0 aliphatic carbocycles. The van der Waals surface area contributed by atoms with Gasteiger partial charge in [-0.25, -0.2) is 9.48 Å². The number of hydrogen-bond acceptors (Lipinski definition) is 5. The first-order chi connectivity index (χ1) is 16.9. The first-order valence-corrected chi connectivity index (χ1v) is 10.7. The van der Waals surface area contributed by atoms with Crippen LogP contribution < -0.4 is 5.69 Å². The standard InChI is InChI=1S/C22H16ClF6N5O2/c23-16-6-4-14(5-7-16)19-31-34(20(35)33(19)9-8-21(24,25)26)12-18-30-17(32-36-18)11-13-2-1-3-15(10-13)22(27,28)29/h1-7,10H,8-9,11-12H2. The zero-order chi connectivity index (χ0) is 26.1. The summed E-state index contributed by atoms with van der Waals surface area (Å²) in [5.41, 5.74) is -1.000. The largest absolute Gasteiger partial charge is 0.416 e. The summed E-state index contributed by atoms with van der Waals surface area (Å²) < 4.78 is 84.1. The zero-order valence-corrected chi connectivity index (χ0v) is 18.9. The summed E-state index contributed by atoms with van der Waals surface area (Å²) >= 11 is 5.87. The third-order valence-electron chi connectivity index (χ3n) is 5.06. The average Bonchev–Trinajstić information content (AvgIpc) is 3.36. The Morgan fingerprint density at radius 1 is 1.00 bits per heavy atom. The number of rotatable bonds is 7. The van der Waals surface area contributed by atoms with Crippen molar-refractivity contribution in [1.29, 1.82) is 0 Å². The van der Waals surface area contributed by atoms with Gasteiger partial charge in [0.15, 0.2) is 11.6 Å². The molecule has 0 atom stereocenters. The Labute approximate surface area is 203 Å². The van der Waals surface area contributed by atoms with Crippen LogP contribution in [0.4, 0.5) is 26.3 Å². The molecule has 7 nitrogen and oxygen atoms in total. The molecule has 2 aromatic heterocycles. The van der Waals surface area contributed by atoms with Crippen LogP contribution in [0.3, 0.4) is 0 Å². The minimum Gasteiger partial charge on any atom is -0.337 e. The summed E-state index contributed by atoms with van der Waals surface area (Å²) in [7, 11) is 0. The van der Waals surface area contributed by atoms with Crippen molar-refractivity contribution in [3.8, 4) is 11.4 Å². The summed E-state index contributed by atoms with van der Waals surface area (Å²) in [6, 6.07) is 10.7. The average molecular weight is 532 g/mol. The van der Waals surface area contributed by atoms with Crippen LogP contribution in [0.1, 0.15) is 29.3 Å². The smallest absolute Gasteiger partial charge is 0.337 e. The van der Waals surface area contributed by atoms with Gasteiger partial charge in [0, 0.05) is 23.6 Å². The molecule has 0 bridgehead atoms. The Hall–Kier alpha value is -3.61. The van der Waals surface area contributed by atoms with Crippen molar-refractivity contribution < 1.29 is 30.9 Å². The number of alkyl halides is 6. The van der Waals surface area contributed by atoms with E-state index in [9.17, 15) is 31.1 Å².